The van der Waals surface area contributed by atoms with Gasteiger partial charge in [-0.2, -0.15) is 0 Å². The number of morpholine rings is 1. The average Bonchev–Trinajstić information content (AvgIpc) is 3.23. The smallest absolute Gasteiger partial charge is 0.326 e. The van der Waals surface area contributed by atoms with Crippen molar-refractivity contribution in [1.82, 2.24) is 14.5 Å². The Bertz CT molecular complexity index is 1040. The van der Waals surface area contributed by atoms with Crippen LogP contribution < -0.4 is 9.64 Å². The van der Waals surface area contributed by atoms with Gasteiger partial charge in [0.15, 0.2) is 0 Å². The van der Waals surface area contributed by atoms with E-state index in [0.717, 1.165) is 34.1 Å². The van der Waals surface area contributed by atoms with E-state index in [4.69, 9.17) is 9.47 Å². The largest absolute Gasteiger partial charge is 0.497 e. The number of fused-ring (bicyclic) bond motifs is 3. The molecule has 2 aliphatic rings. The number of urea groups is 1. The van der Waals surface area contributed by atoms with Crippen LogP contribution in [-0.2, 0) is 11.4 Å². The summed E-state index contributed by atoms with van der Waals surface area (Å²) in [6, 6.07) is 15.8. The van der Waals surface area contributed by atoms with Gasteiger partial charge in [-0.1, -0.05) is 18.2 Å². The third kappa shape index (κ3) is 3.40. The first-order chi connectivity index (χ1) is 14.3. The number of imidazole rings is 1. The number of amides is 2. The Morgan fingerprint density at radius 3 is 2.53 bits per heavy atom. The van der Waals surface area contributed by atoms with Gasteiger partial charge in [-0.25, -0.2) is 9.78 Å². The summed E-state index contributed by atoms with van der Waals surface area (Å²) in [4.78, 5) is 21.7. The van der Waals surface area contributed by atoms with Gasteiger partial charge in [0.2, 0.25) is 0 Å². The Hall–Kier alpha value is -3.03. The van der Waals surface area contributed by atoms with Crippen molar-refractivity contribution in [2.45, 2.75) is 6.67 Å². The molecule has 1 fully saturated rings. The summed E-state index contributed by atoms with van der Waals surface area (Å²) < 4.78 is 12.8. The molecule has 156 valence electrons. The van der Waals surface area contributed by atoms with Crippen molar-refractivity contribution in [1.29, 1.82) is 0 Å². The highest BCUT2D eigenvalue weighted by atomic mass is 35.5. The van der Waals surface area contributed by atoms with Crippen LogP contribution in [0.15, 0.2) is 54.7 Å². The van der Waals surface area contributed by atoms with Crippen LogP contribution in [0.4, 0.5) is 10.5 Å². The number of rotatable bonds is 2. The fourth-order valence-electron chi connectivity index (χ4n) is 3.94. The van der Waals surface area contributed by atoms with Crippen LogP contribution >= 0.6 is 12.4 Å². The fourth-order valence-corrected chi connectivity index (χ4v) is 3.94. The molecule has 7 nitrogen and oxygen atoms in total. The zero-order valence-electron chi connectivity index (χ0n) is 16.7. The molecule has 0 aliphatic carbocycles. The van der Waals surface area contributed by atoms with Crippen LogP contribution in [0.5, 0.6) is 5.75 Å². The normalized spacial score (nSPS) is 15.1. The van der Waals surface area contributed by atoms with Gasteiger partial charge in [0.05, 0.1) is 37.9 Å². The Morgan fingerprint density at radius 2 is 1.80 bits per heavy atom. The van der Waals surface area contributed by atoms with E-state index in [-0.39, 0.29) is 18.4 Å². The summed E-state index contributed by atoms with van der Waals surface area (Å²) in [5, 5.41) is 0. The van der Waals surface area contributed by atoms with Gasteiger partial charge in [-0.05, 0) is 30.3 Å². The molecule has 0 unspecified atom stereocenters. The molecule has 5 rings (SSSR count). The molecule has 1 aromatic heterocycles. The predicted octanol–water partition coefficient (Wildman–Crippen LogP) is 3.88. The lowest BCUT2D eigenvalue weighted by Crippen LogP contribution is -2.49. The van der Waals surface area contributed by atoms with Crippen LogP contribution in [0.25, 0.3) is 22.6 Å². The number of anilines is 1. The highest BCUT2D eigenvalue weighted by Gasteiger charge is 2.31. The lowest BCUT2D eigenvalue weighted by atomic mass is 10.1. The summed E-state index contributed by atoms with van der Waals surface area (Å²) >= 11 is 0. The molecule has 3 heterocycles. The third-order valence-corrected chi connectivity index (χ3v) is 5.47. The topological polar surface area (TPSA) is 59.8 Å². The van der Waals surface area contributed by atoms with E-state index in [1.165, 1.54) is 0 Å². The minimum Gasteiger partial charge on any atom is -0.497 e. The van der Waals surface area contributed by atoms with E-state index >= 15 is 0 Å². The molecule has 2 aromatic carbocycles. The van der Waals surface area contributed by atoms with Crippen LogP contribution in [0.1, 0.15) is 0 Å². The summed E-state index contributed by atoms with van der Waals surface area (Å²) in [6.45, 7) is 2.80. The second-order valence-electron chi connectivity index (χ2n) is 7.09. The Morgan fingerprint density at radius 1 is 1.07 bits per heavy atom. The maximum absolute atomic E-state index is 13.3. The molecule has 3 aromatic rings. The number of benzene rings is 2. The van der Waals surface area contributed by atoms with E-state index in [1.807, 2.05) is 64.5 Å². The number of aromatic nitrogens is 2. The quantitative estimate of drug-likeness (QED) is 0.624. The molecule has 2 amide bonds. The number of methoxy groups -OCH3 is 1. The second kappa shape index (κ2) is 8.38. The minimum atomic E-state index is 0. The van der Waals surface area contributed by atoms with E-state index in [2.05, 4.69) is 9.55 Å². The number of ether oxygens (including phenoxy) is 2. The van der Waals surface area contributed by atoms with Crippen molar-refractivity contribution in [3.63, 3.8) is 0 Å². The summed E-state index contributed by atoms with van der Waals surface area (Å²) in [5.74, 6) is 1.63. The predicted molar refractivity (Wildman–Crippen MR) is 117 cm³/mol. The van der Waals surface area contributed by atoms with E-state index < -0.39 is 0 Å². The maximum Gasteiger partial charge on any atom is 0.326 e. The van der Waals surface area contributed by atoms with Crippen molar-refractivity contribution in [2.24, 2.45) is 0 Å². The number of nitrogens with zero attached hydrogens (tertiary/aromatic N) is 4. The molecule has 0 N–H and O–H groups in total. The van der Waals surface area contributed by atoms with E-state index in [9.17, 15) is 4.79 Å². The molecular formula is C22H23ClN4O3. The van der Waals surface area contributed by atoms with E-state index in [0.29, 0.717) is 33.0 Å². The monoisotopic (exact) mass is 426 g/mol. The van der Waals surface area contributed by atoms with Gasteiger partial charge in [0, 0.05) is 24.2 Å². The summed E-state index contributed by atoms with van der Waals surface area (Å²) in [5.41, 5.74) is 3.91. The highest BCUT2D eigenvalue weighted by Crippen LogP contribution is 2.39. The average molecular weight is 427 g/mol. The van der Waals surface area contributed by atoms with Gasteiger partial charge in [-0.15, -0.1) is 12.4 Å². The first kappa shape index (κ1) is 20.3. The highest BCUT2D eigenvalue weighted by molar-refractivity contribution is 5.97. The first-order valence-corrected chi connectivity index (χ1v) is 9.70. The van der Waals surface area contributed by atoms with Crippen molar-refractivity contribution in [3.05, 3.63) is 54.7 Å². The summed E-state index contributed by atoms with van der Waals surface area (Å²) in [6.07, 6.45) is 1.88. The molecular weight excluding hydrogens is 404 g/mol. The Kier molecular flexibility index (Phi) is 5.65. The maximum atomic E-state index is 13.3. The SMILES string of the molecule is COc1ccc(-c2ncc3n2CN(C(=O)N2CCOCC2)c2ccccc2-3)cc1.Cl. The van der Waals surface area contributed by atoms with Crippen molar-refractivity contribution in [2.75, 3.05) is 38.3 Å². The number of carbonyl (C=O) groups excluding carboxylic acids is 1. The summed E-state index contributed by atoms with van der Waals surface area (Å²) in [7, 11) is 1.65. The number of carbonyl (C=O) groups is 1. The molecule has 0 atom stereocenters. The third-order valence-electron chi connectivity index (χ3n) is 5.47. The van der Waals surface area contributed by atoms with Gasteiger partial charge >= 0.3 is 6.03 Å². The van der Waals surface area contributed by atoms with Crippen LogP contribution in [0.3, 0.4) is 0 Å². The molecule has 30 heavy (non-hydrogen) atoms. The minimum absolute atomic E-state index is 0. The van der Waals surface area contributed by atoms with Gasteiger partial charge in [-0.3, -0.25) is 4.90 Å². The standard InChI is InChI=1S/C22H22N4O3.ClH/c1-28-17-8-6-16(7-9-17)21-23-14-20-18-4-2-3-5-19(18)26(15-25(20)21)22(27)24-10-12-29-13-11-24;/h2-9,14H,10-13,15H2,1H3;1H. The van der Waals surface area contributed by atoms with Gasteiger partial charge in [0.1, 0.15) is 18.2 Å². The first-order valence-electron chi connectivity index (χ1n) is 9.70. The molecule has 0 saturated carbocycles. The van der Waals surface area contributed by atoms with Gasteiger partial charge < -0.3 is 18.9 Å². The van der Waals surface area contributed by atoms with Crippen molar-refractivity contribution < 1.29 is 14.3 Å². The lowest BCUT2D eigenvalue weighted by molar-refractivity contribution is 0.0545. The Labute approximate surface area is 181 Å². The molecule has 2 aliphatic heterocycles. The fraction of sp³-hybridized carbons (Fsp3) is 0.273. The van der Waals surface area contributed by atoms with E-state index in [1.54, 1.807) is 7.11 Å². The number of halogens is 1. The second-order valence-corrected chi connectivity index (χ2v) is 7.09. The van der Waals surface area contributed by atoms with Crippen molar-refractivity contribution >= 4 is 24.1 Å². The number of hydrogen-bond acceptors (Lipinski definition) is 4. The van der Waals surface area contributed by atoms with Crippen molar-refractivity contribution in [3.8, 4) is 28.4 Å². The Balaban J connectivity index is 0.00000218. The number of para-hydroxylation sites is 1. The molecule has 1 saturated heterocycles. The molecule has 0 radical (unpaired) electrons. The lowest BCUT2D eigenvalue weighted by Gasteiger charge is -2.36. The molecule has 8 heteroatoms. The number of hydrogen-bond donors (Lipinski definition) is 0. The zero-order valence-corrected chi connectivity index (χ0v) is 17.5. The zero-order chi connectivity index (χ0) is 19.8. The molecule has 0 bridgehead atoms. The molecule has 0 spiro atoms. The van der Waals surface area contributed by atoms with Crippen LogP contribution in [0, 0.1) is 0 Å². The van der Waals surface area contributed by atoms with Crippen LogP contribution in [-0.4, -0.2) is 53.9 Å². The van der Waals surface area contributed by atoms with Crippen LogP contribution in [0.2, 0.25) is 0 Å². The van der Waals surface area contributed by atoms with Gasteiger partial charge in [0.25, 0.3) is 0 Å².